The summed E-state index contributed by atoms with van der Waals surface area (Å²) in [6.07, 6.45) is 4.91. The molecule has 0 radical (unpaired) electrons. The maximum absolute atomic E-state index is 5.76. The topological polar surface area (TPSA) is 53.9 Å². The van der Waals surface area contributed by atoms with Crippen molar-refractivity contribution >= 4 is 17.5 Å². The highest BCUT2D eigenvalue weighted by atomic mass is 35.5. The second kappa shape index (κ2) is 5.41. The van der Waals surface area contributed by atoms with Crippen LogP contribution in [-0.2, 0) is 0 Å². The lowest BCUT2D eigenvalue weighted by Crippen LogP contribution is -2.33. The van der Waals surface area contributed by atoms with E-state index in [1.54, 1.807) is 0 Å². The molecule has 88 valence electrons. The standard InChI is InChI=1S/C10H16ClN5/c1-16(8-3-2-5-12-6-4-8)10-14-7-13-9(11)15-10/h7-8,12H,2-6H2,1H3. The fraction of sp³-hybridized carbons (Fsp3) is 0.700. The number of hydrogen-bond acceptors (Lipinski definition) is 5. The summed E-state index contributed by atoms with van der Waals surface area (Å²) in [5.41, 5.74) is 0. The van der Waals surface area contributed by atoms with Crippen molar-refractivity contribution in [3.05, 3.63) is 11.6 Å². The molecule has 2 heterocycles. The Morgan fingerprint density at radius 1 is 1.38 bits per heavy atom. The van der Waals surface area contributed by atoms with E-state index < -0.39 is 0 Å². The Balaban J connectivity index is 2.07. The molecule has 1 aliphatic rings. The van der Waals surface area contributed by atoms with Gasteiger partial charge in [-0.05, 0) is 44.0 Å². The van der Waals surface area contributed by atoms with Crippen molar-refractivity contribution in [2.75, 3.05) is 25.0 Å². The van der Waals surface area contributed by atoms with Crippen LogP contribution in [0.5, 0.6) is 0 Å². The van der Waals surface area contributed by atoms with E-state index in [0.717, 1.165) is 25.9 Å². The predicted molar refractivity (Wildman–Crippen MR) is 63.7 cm³/mol. The lowest BCUT2D eigenvalue weighted by atomic mass is 10.1. The van der Waals surface area contributed by atoms with Gasteiger partial charge in [0, 0.05) is 13.1 Å². The zero-order valence-electron chi connectivity index (χ0n) is 9.36. The lowest BCUT2D eigenvalue weighted by Gasteiger charge is -2.26. The Kier molecular flexibility index (Phi) is 3.90. The maximum atomic E-state index is 5.76. The first-order chi connectivity index (χ1) is 7.77. The molecule has 2 rings (SSSR count). The lowest BCUT2D eigenvalue weighted by molar-refractivity contribution is 0.557. The van der Waals surface area contributed by atoms with Crippen LogP contribution in [0, 0.1) is 0 Å². The number of hydrogen-bond donors (Lipinski definition) is 1. The van der Waals surface area contributed by atoms with Gasteiger partial charge >= 0.3 is 0 Å². The van der Waals surface area contributed by atoms with E-state index in [0.29, 0.717) is 12.0 Å². The molecule has 0 amide bonds. The van der Waals surface area contributed by atoms with E-state index in [4.69, 9.17) is 11.6 Å². The maximum Gasteiger partial charge on any atom is 0.229 e. The molecule has 1 N–H and O–H groups in total. The van der Waals surface area contributed by atoms with Gasteiger partial charge in [-0.25, -0.2) is 9.97 Å². The Bertz CT molecular complexity index is 338. The van der Waals surface area contributed by atoms with Crippen molar-refractivity contribution in [3.8, 4) is 0 Å². The van der Waals surface area contributed by atoms with Crippen molar-refractivity contribution in [2.24, 2.45) is 0 Å². The van der Waals surface area contributed by atoms with E-state index >= 15 is 0 Å². The van der Waals surface area contributed by atoms with Gasteiger partial charge in [0.2, 0.25) is 11.2 Å². The molecule has 0 aromatic carbocycles. The third kappa shape index (κ3) is 2.80. The quantitative estimate of drug-likeness (QED) is 0.841. The summed E-state index contributed by atoms with van der Waals surface area (Å²) in [4.78, 5) is 14.2. The van der Waals surface area contributed by atoms with Gasteiger partial charge in [-0.2, -0.15) is 4.98 Å². The fourth-order valence-electron chi connectivity index (χ4n) is 1.99. The Hall–Kier alpha value is -0.940. The minimum atomic E-state index is 0.253. The molecule has 1 aromatic heterocycles. The van der Waals surface area contributed by atoms with Crippen LogP contribution < -0.4 is 10.2 Å². The average molecular weight is 242 g/mol. The number of nitrogens with one attached hydrogen (secondary N) is 1. The van der Waals surface area contributed by atoms with Gasteiger partial charge in [0.05, 0.1) is 0 Å². The van der Waals surface area contributed by atoms with Crippen molar-refractivity contribution < 1.29 is 0 Å². The smallest absolute Gasteiger partial charge is 0.229 e. The number of rotatable bonds is 2. The summed E-state index contributed by atoms with van der Waals surface area (Å²) >= 11 is 5.76. The van der Waals surface area contributed by atoms with Gasteiger partial charge in [0.15, 0.2) is 0 Å². The third-order valence-corrected chi connectivity index (χ3v) is 3.12. The number of nitrogens with zero attached hydrogens (tertiary/aromatic N) is 4. The molecular formula is C10H16ClN5. The molecule has 0 bridgehead atoms. The second-order valence-corrected chi connectivity index (χ2v) is 4.34. The molecule has 1 unspecified atom stereocenters. The van der Waals surface area contributed by atoms with Crippen molar-refractivity contribution in [2.45, 2.75) is 25.3 Å². The zero-order valence-corrected chi connectivity index (χ0v) is 10.1. The Morgan fingerprint density at radius 2 is 2.25 bits per heavy atom. The zero-order chi connectivity index (χ0) is 11.4. The molecule has 0 spiro atoms. The molecule has 6 heteroatoms. The molecular weight excluding hydrogens is 226 g/mol. The monoisotopic (exact) mass is 241 g/mol. The molecule has 5 nitrogen and oxygen atoms in total. The van der Waals surface area contributed by atoms with E-state index in [1.807, 2.05) is 7.05 Å². The average Bonchev–Trinajstić information content (AvgIpc) is 2.56. The van der Waals surface area contributed by atoms with E-state index in [2.05, 4.69) is 25.2 Å². The summed E-state index contributed by atoms with van der Waals surface area (Å²) in [5.74, 6) is 0.659. The Labute approximate surface area is 100 Å². The largest absolute Gasteiger partial charge is 0.341 e. The van der Waals surface area contributed by atoms with Crippen molar-refractivity contribution in [3.63, 3.8) is 0 Å². The molecule has 1 fully saturated rings. The van der Waals surface area contributed by atoms with Crippen LogP contribution in [-0.4, -0.2) is 41.1 Å². The summed E-state index contributed by atoms with van der Waals surface area (Å²) in [6.45, 7) is 2.15. The first-order valence-electron chi connectivity index (χ1n) is 5.55. The summed E-state index contributed by atoms with van der Waals surface area (Å²) in [5, 5.41) is 3.64. The van der Waals surface area contributed by atoms with Gasteiger partial charge < -0.3 is 10.2 Å². The normalized spacial score (nSPS) is 21.5. The van der Waals surface area contributed by atoms with Gasteiger partial charge in [-0.15, -0.1) is 0 Å². The summed E-state index contributed by atoms with van der Waals surface area (Å²) < 4.78 is 0. The molecule has 1 saturated heterocycles. The van der Waals surface area contributed by atoms with Crippen LogP contribution in [0.15, 0.2) is 6.33 Å². The van der Waals surface area contributed by atoms with Crippen LogP contribution in [0.2, 0.25) is 5.28 Å². The highest BCUT2D eigenvalue weighted by molar-refractivity contribution is 6.28. The van der Waals surface area contributed by atoms with Crippen molar-refractivity contribution in [1.29, 1.82) is 0 Å². The van der Waals surface area contributed by atoms with Gasteiger partial charge in [-0.1, -0.05) is 0 Å². The molecule has 0 aliphatic carbocycles. The van der Waals surface area contributed by atoms with Crippen LogP contribution in [0.1, 0.15) is 19.3 Å². The minimum absolute atomic E-state index is 0.253. The van der Waals surface area contributed by atoms with Gasteiger partial charge in [-0.3, -0.25) is 0 Å². The van der Waals surface area contributed by atoms with E-state index in [9.17, 15) is 0 Å². The number of aromatic nitrogens is 3. The number of anilines is 1. The van der Waals surface area contributed by atoms with Gasteiger partial charge in [0.25, 0.3) is 0 Å². The third-order valence-electron chi connectivity index (χ3n) is 2.94. The molecule has 0 saturated carbocycles. The van der Waals surface area contributed by atoms with Crippen LogP contribution in [0.25, 0.3) is 0 Å². The SMILES string of the molecule is CN(c1ncnc(Cl)n1)C1CCCNCC1. The predicted octanol–water partition coefficient (Wildman–Crippen LogP) is 1.10. The van der Waals surface area contributed by atoms with Crippen molar-refractivity contribution in [1.82, 2.24) is 20.3 Å². The second-order valence-electron chi connectivity index (χ2n) is 4.00. The van der Waals surface area contributed by atoms with E-state index in [1.165, 1.54) is 12.7 Å². The van der Waals surface area contributed by atoms with Gasteiger partial charge in [0.1, 0.15) is 6.33 Å². The molecule has 16 heavy (non-hydrogen) atoms. The summed E-state index contributed by atoms with van der Waals surface area (Å²) in [6, 6.07) is 0.480. The molecule has 1 aromatic rings. The first kappa shape index (κ1) is 11.5. The highest BCUT2D eigenvalue weighted by Gasteiger charge is 2.18. The first-order valence-corrected chi connectivity index (χ1v) is 5.93. The molecule has 1 aliphatic heterocycles. The molecule has 1 atom stereocenters. The fourth-order valence-corrected chi connectivity index (χ4v) is 2.11. The van der Waals surface area contributed by atoms with Crippen LogP contribution in [0.4, 0.5) is 5.95 Å². The van der Waals surface area contributed by atoms with Crippen LogP contribution in [0.3, 0.4) is 0 Å². The Morgan fingerprint density at radius 3 is 3.06 bits per heavy atom. The summed E-state index contributed by atoms with van der Waals surface area (Å²) in [7, 11) is 2.02. The number of halogens is 1. The highest BCUT2D eigenvalue weighted by Crippen LogP contribution is 2.17. The van der Waals surface area contributed by atoms with Crippen LogP contribution >= 0.6 is 11.6 Å². The minimum Gasteiger partial charge on any atom is -0.341 e. The van der Waals surface area contributed by atoms with E-state index in [-0.39, 0.29) is 5.28 Å².